The maximum atomic E-state index is 12.6. The molecule has 2 rings (SSSR count). The van der Waals surface area contributed by atoms with E-state index in [0.717, 1.165) is 16.7 Å². The molecule has 0 aliphatic heterocycles. The van der Waals surface area contributed by atoms with Crippen LogP contribution >= 0.6 is 0 Å². The predicted molar refractivity (Wildman–Crippen MR) is 82.3 cm³/mol. The SMILES string of the molecule is Cc1cc(C(C)(C)C)cc(C)c1C(=O)c1ccncc1. The van der Waals surface area contributed by atoms with E-state index in [1.165, 1.54) is 5.56 Å². The van der Waals surface area contributed by atoms with Crippen LogP contribution in [0.4, 0.5) is 0 Å². The van der Waals surface area contributed by atoms with Crippen LogP contribution in [0.3, 0.4) is 0 Å². The lowest BCUT2D eigenvalue weighted by atomic mass is 9.82. The maximum Gasteiger partial charge on any atom is 0.193 e. The average Bonchev–Trinajstić information content (AvgIpc) is 2.37. The number of carbonyl (C=O) groups is 1. The molecule has 1 heterocycles. The Morgan fingerprint density at radius 1 is 1.00 bits per heavy atom. The summed E-state index contributed by atoms with van der Waals surface area (Å²) >= 11 is 0. The van der Waals surface area contributed by atoms with Crippen molar-refractivity contribution in [1.29, 1.82) is 0 Å². The fourth-order valence-electron chi connectivity index (χ4n) is 2.40. The van der Waals surface area contributed by atoms with Gasteiger partial charge in [-0.05, 0) is 48.1 Å². The first-order chi connectivity index (χ1) is 9.30. The van der Waals surface area contributed by atoms with E-state index in [1.54, 1.807) is 24.5 Å². The predicted octanol–water partition coefficient (Wildman–Crippen LogP) is 4.23. The number of benzene rings is 1. The molecule has 0 spiro atoms. The summed E-state index contributed by atoms with van der Waals surface area (Å²) in [5.74, 6) is 0.0721. The Balaban J connectivity index is 2.52. The molecule has 1 aromatic carbocycles. The number of aryl methyl sites for hydroxylation is 2. The summed E-state index contributed by atoms with van der Waals surface area (Å²) in [6.07, 6.45) is 3.31. The van der Waals surface area contributed by atoms with E-state index < -0.39 is 0 Å². The minimum absolute atomic E-state index is 0.0721. The Morgan fingerprint density at radius 2 is 1.50 bits per heavy atom. The number of hydrogen-bond donors (Lipinski definition) is 0. The lowest BCUT2D eigenvalue weighted by molar-refractivity contribution is 0.103. The topological polar surface area (TPSA) is 30.0 Å². The number of hydrogen-bond acceptors (Lipinski definition) is 2. The minimum atomic E-state index is 0.0721. The average molecular weight is 267 g/mol. The largest absolute Gasteiger partial charge is 0.289 e. The Hall–Kier alpha value is -1.96. The number of carbonyl (C=O) groups excluding carboxylic acids is 1. The Morgan fingerprint density at radius 3 is 1.95 bits per heavy atom. The summed E-state index contributed by atoms with van der Waals surface area (Å²) in [6, 6.07) is 7.78. The number of ketones is 1. The summed E-state index contributed by atoms with van der Waals surface area (Å²) in [7, 11) is 0. The molecule has 0 radical (unpaired) electrons. The smallest absolute Gasteiger partial charge is 0.193 e. The second kappa shape index (κ2) is 5.20. The third kappa shape index (κ3) is 2.79. The van der Waals surface area contributed by atoms with Crippen LogP contribution in [0.5, 0.6) is 0 Å². The van der Waals surface area contributed by atoms with Crippen molar-refractivity contribution in [2.75, 3.05) is 0 Å². The fraction of sp³-hybridized carbons (Fsp3) is 0.333. The highest BCUT2D eigenvalue weighted by atomic mass is 16.1. The van der Waals surface area contributed by atoms with E-state index in [0.29, 0.717) is 5.56 Å². The normalized spacial score (nSPS) is 11.4. The van der Waals surface area contributed by atoms with E-state index in [9.17, 15) is 4.79 Å². The van der Waals surface area contributed by atoms with E-state index >= 15 is 0 Å². The third-order valence-corrected chi connectivity index (χ3v) is 3.57. The summed E-state index contributed by atoms with van der Waals surface area (Å²) in [4.78, 5) is 16.6. The van der Waals surface area contributed by atoms with Crippen molar-refractivity contribution in [2.24, 2.45) is 0 Å². The van der Waals surface area contributed by atoms with Crippen molar-refractivity contribution in [1.82, 2.24) is 4.98 Å². The molecule has 20 heavy (non-hydrogen) atoms. The molecule has 0 saturated heterocycles. The molecule has 104 valence electrons. The molecule has 0 fully saturated rings. The molecule has 0 saturated carbocycles. The highest BCUT2D eigenvalue weighted by Gasteiger charge is 2.19. The minimum Gasteiger partial charge on any atom is -0.289 e. The first-order valence-electron chi connectivity index (χ1n) is 6.87. The fourth-order valence-corrected chi connectivity index (χ4v) is 2.40. The van der Waals surface area contributed by atoms with Gasteiger partial charge in [-0.1, -0.05) is 32.9 Å². The van der Waals surface area contributed by atoms with Crippen molar-refractivity contribution in [2.45, 2.75) is 40.0 Å². The van der Waals surface area contributed by atoms with E-state index in [-0.39, 0.29) is 11.2 Å². The van der Waals surface area contributed by atoms with Gasteiger partial charge in [0.25, 0.3) is 0 Å². The first kappa shape index (κ1) is 14.4. The van der Waals surface area contributed by atoms with Gasteiger partial charge < -0.3 is 0 Å². The van der Waals surface area contributed by atoms with Crippen LogP contribution in [0.15, 0.2) is 36.7 Å². The number of nitrogens with zero attached hydrogens (tertiary/aromatic N) is 1. The van der Waals surface area contributed by atoms with Crippen molar-refractivity contribution in [3.63, 3.8) is 0 Å². The van der Waals surface area contributed by atoms with Gasteiger partial charge in [0, 0.05) is 23.5 Å². The Labute approximate surface area is 120 Å². The summed E-state index contributed by atoms with van der Waals surface area (Å²) in [5.41, 5.74) is 4.93. The van der Waals surface area contributed by atoms with Crippen molar-refractivity contribution in [3.8, 4) is 0 Å². The standard InChI is InChI=1S/C18H21NO/c1-12-10-15(18(3,4)5)11-13(2)16(12)17(20)14-6-8-19-9-7-14/h6-11H,1-5H3. The molecule has 2 heteroatoms. The molecular weight excluding hydrogens is 246 g/mol. The highest BCUT2D eigenvalue weighted by molar-refractivity contribution is 6.10. The van der Waals surface area contributed by atoms with Crippen LogP contribution in [0.25, 0.3) is 0 Å². The van der Waals surface area contributed by atoms with Crippen LogP contribution in [0.1, 0.15) is 53.4 Å². The van der Waals surface area contributed by atoms with E-state index in [2.05, 4.69) is 37.9 Å². The van der Waals surface area contributed by atoms with E-state index in [4.69, 9.17) is 0 Å². The van der Waals surface area contributed by atoms with Gasteiger partial charge in [0.15, 0.2) is 5.78 Å². The van der Waals surface area contributed by atoms with Gasteiger partial charge in [0.2, 0.25) is 0 Å². The molecule has 2 aromatic rings. The van der Waals surface area contributed by atoms with Crippen molar-refractivity contribution >= 4 is 5.78 Å². The molecule has 2 nitrogen and oxygen atoms in total. The van der Waals surface area contributed by atoms with E-state index in [1.807, 2.05) is 13.8 Å². The van der Waals surface area contributed by atoms with Crippen LogP contribution in [0.2, 0.25) is 0 Å². The molecular formula is C18H21NO. The number of pyridine rings is 1. The Kier molecular flexibility index (Phi) is 3.76. The second-order valence-corrected chi connectivity index (χ2v) is 6.30. The summed E-state index contributed by atoms with van der Waals surface area (Å²) in [6.45, 7) is 10.6. The van der Waals surface area contributed by atoms with Crippen molar-refractivity contribution in [3.05, 3.63) is 64.5 Å². The molecule has 0 aliphatic carbocycles. The lowest BCUT2D eigenvalue weighted by Gasteiger charge is -2.22. The van der Waals surface area contributed by atoms with Gasteiger partial charge >= 0.3 is 0 Å². The van der Waals surface area contributed by atoms with Gasteiger partial charge in [-0.3, -0.25) is 9.78 Å². The quantitative estimate of drug-likeness (QED) is 0.762. The second-order valence-electron chi connectivity index (χ2n) is 6.30. The zero-order chi connectivity index (χ0) is 14.9. The van der Waals surface area contributed by atoms with Gasteiger partial charge in [0.1, 0.15) is 0 Å². The molecule has 0 amide bonds. The van der Waals surface area contributed by atoms with Gasteiger partial charge in [-0.15, -0.1) is 0 Å². The molecule has 0 unspecified atom stereocenters. The van der Waals surface area contributed by atoms with Crippen LogP contribution in [0, 0.1) is 13.8 Å². The van der Waals surface area contributed by atoms with Gasteiger partial charge in [-0.25, -0.2) is 0 Å². The number of rotatable bonds is 2. The molecule has 0 N–H and O–H groups in total. The third-order valence-electron chi connectivity index (χ3n) is 3.57. The van der Waals surface area contributed by atoms with Crippen LogP contribution < -0.4 is 0 Å². The first-order valence-corrected chi connectivity index (χ1v) is 6.87. The molecule has 1 aromatic heterocycles. The molecule has 0 atom stereocenters. The maximum absolute atomic E-state index is 12.6. The number of aromatic nitrogens is 1. The van der Waals surface area contributed by atoms with Gasteiger partial charge in [0.05, 0.1) is 0 Å². The summed E-state index contributed by atoms with van der Waals surface area (Å²) < 4.78 is 0. The monoisotopic (exact) mass is 267 g/mol. The lowest BCUT2D eigenvalue weighted by Crippen LogP contribution is -2.14. The van der Waals surface area contributed by atoms with Crippen LogP contribution in [-0.2, 0) is 5.41 Å². The zero-order valence-electron chi connectivity index (χ0n) is 12.8. The van der Waals surface area contributed by atoms with Gasteiger partial charge in [-0.2, -0.15) is 0 Å². The van der Waals surface area contributed by atoms with Crippen molar-refractivity contribution < 1.29 is 4.79 Å². The Bertz CT molecular complexity index is 613. The van der Waals surface area contributed by atoms with Crippen LogP contribution in [-0.4, -0.2) is 10.8 Å². The molecule has 0 aliphatic rings. The highest BCUT2D eigenvalue weighted by Crippen LogP contribution is 2.28. The zero-order valence-corrected chi connectivity index (χ0v) is 12.8. The molecule has 0 bridgehead atoms. The summed E-state index contributed by atoms with van der Waals surface area (Å²) in [5, 5.41) is 0.